The van der Waals surface area contributed by atoms with Crippen molar-refractivity contribution in [1.29, 1.82) is 0 Å². The van der Waals surface area contributed by atoms with Crippen molar-refractivity contribution in [1.82, 2.24) is 0 Å². The lowest BCUT2D eigenvalue weighted by Crippen LogP contribution is -2.31. The first-order chi connectivity index (χ1) is 9.09. The summed E-state index contributed by atoms with van der Waals surface area (Å²) in [6.07, 6.45) is 5.23. The van der Waals surface area contributed by atoms with Gasteiger partial charge in [-0.1, -0.05) is 12.2 Å². The molecule has 2 amide bonds. The first-order valence-corrected chi connectivity index (χ1v) is 6.42. The van der Waals surface area contributed by atoms with Crippen molar-refractivity contribution in [3.63, 3.8) is 0 Å². The van der Waals surface area contributed by atoms with E-state index in [2.05, 4.69) is 0 Å². The number of phenolic OH excluding ortho intramolecular Hbond substituents is 1. The van der Waals surface area contributed by atoms with Crippen LogP contribution in [0.1, 0.15) is 18.4 Å². The van der Waals surface area contributed by atoms with Gasteiger partial charge >= 0.3 is 0 Å². The van der Waals surface area contributed by atoms with Crippen molar-refractivity contribution in [2.45, 2.75) is 19.8 Å². The van der Waals surface area contributed by atoms with E-state index >= 15 is 0 Å². The number of benzene rings is 1. The lowest BCUT2D eigenvalue weighted by molar-refractivity contribution is -0.122. The zero-order valence-electron chi connectivity index (χ0n) is 10.7. The maximum absolute atomic E-state index is 12.4. The highest BCUT2D eigenvalue weighted by Crippen LogP contribution is 2.39. The quantitative estimate of drug-likeness (QED) is 0.619. The molecule has 1 fully saturated rings. The average molecular weight is 257 g/mol. The first-order valence-electron chi connectivity index (χ1n) is 6.42. The molecule has 98 valence electrons. The van der Waals surface area contributed by atoms with Gasteiger partial charge in [-0.3, -0.25) is 9.59 Å². The molecule has 0 unspecified atom stereocenters. The third kappa shape index (κ3) is 1.75. The van der Waals surface area contributed by atoms with Crippen LogP contribution in [0.3, 0.4) is 0 Å². The fraction of sp³-hybridized carbons (Fsp3) is 0.333. The molecule has 0 saturated carbocycles. The highest BCUT2D eigenvalue weighted by Gasteiger charge is 2.48. The molecule has 3 rings (SSSR count). The van der Waals surface area contributed by atoms with E-state index in [1.54, 1.807) is 19.1 Å². The number of phenols is 1. The maximum Gasteiger partial charge on any atom is 0.238 e. The van der Waals surface area contributed by atoms with Crippen molar-refractivity contribution in [2.24, 2.45) is 11.8 Å². The molecule has 0 aromatic heterocycles. The number of hydrogen-bond acceptors (Lipinski definition) is 3. The number of rotatable bonds is 1. The number of fused-ring (bicyclic) bond motifs is 1. The number of allylic oxidation sites excluding steroid dienone is 2. The summed E-state index contributed by atoms with van der Waals surface area (Å²) >= 11 is 0. The van der Waals surface area contributed by atoms with Gasteiger partial charge in [-0.15, -0.1) is 0 Å². The van der Waals surface area contributed by atoms with Gasteiger partial charge in [0.1, 0.15) is 5.75 Å². The first kappa shape index (κ1) is 12.0. The molecule has 1 aromatic carbocycles. The van der Waals surface area contributed by atoms with Gasteiger partial charge in [-0.25, -0.2) is 4.90 Å². The van der Waals surface area contributed by atoms with Gasteiger partial charge in [0, 0.05) is 0 Å². The highest BCUT2D eigenvalue weighted by atomic mass is 16.3. The minimum Gasteiger partial charge on any atom is -0.508 e. The number of hydrogen-bond donors (Lipinski definition) is 1. The summed E-state index contributed by atoms with van der Waals surface area (Å²) in [7, 11) is 0. The Balaban J connectivity index is 2.02. The van der Waals surface area contributed by atoms with Gasteiger partial charge in [-0.2, -0.15) is 0 Å². The molecule has 0 spiro atoms. The van der Waals surface area contributed by atoms with Crippen LogP contribution in [0.4, 0.5) is 5.69 Å². The van der Waals surface area contributed by atoms with Crippen LogP contribution in [0, 0.1) is 18.8 Å². The zero-order chi connectivity index (χ0) is 13.6. The van der Waals surface area contributed by atoms with Crippen LogP contribution in [-0.4, -0.2) is 16.9 Å². The second-order valence-electron chi connectivity index (χ2n) is 5.14. The zero-order valence-corrected chi connectivity index (χ0v) is 10.7. The lowest BCUT2D eigenvalue weighted by atomic mass is 9.85. The Morgan fingerprint density at radius 2 is 1.68 bits per heavy atom. The summed E-state index contributed by atoms with van der Waals surface area (Å²) in [5.74, 6) is -0.530. The number of carbonyl (C=O) groups is 2. The summed E-state index contributed by atoms with van der Waals surface area (Å²) in [5.41, 5.74) is 1.32. The monoisotopic (exact) mass is 257 g/mol. The summed E-state index contributed by atoms with van der Waals surface area (Å²) < 4.78 is 0. The summed E-state index contributed by atoms with van der Waals surface area (Å²) in [5, 5.41) is 9.42. The van der Waals surface area contributed by atoms with E-state index in [4.69, 9.17) is 0 Å². The third-order valence-electron chi connectivity index (χ3n) is 3.93. The molecule has 19 heavy (non-hydrogen) atoms. The number of anilines is 1. The number of imide groups is 1. The predicted molar refractivity (Wildman–Crippen MR) is 70.7 cm³/mol. The summed E-state index contributed by atoms with van der Waals surface area (Å²) in [6, 6.07) is 4.70. The van der Waals surface area contributed by atoms with Crippen LogP contribution in [-0.2, 0) is 9.59 Å². The van der Waals surface area contributed by atoms with E-state index in [0.717, 1.165) is 5.56 Å². The molecular weight excluding hydrogens is 242 g/mol. The molecule has 2 atom stereocenters. The average Bonchev–Trinajstić information content (AvgIpc) is 2.64. The van der Waals surface area contributed by atoms with Crippen molar-refractivity contribution in [3.05, 3.63) is 35.9 Å². The predicted octanol–water partition coefficient (Wildman–Crippen LogP) is 2.16. The van der Waals surface area contributed by atoms with Gasteiger partial charge in [0.2, 0.25) is 11.8 Å². The highest BCUT2D eigenvalue weighted by molar-refractivity contribution is 6.22. The summed E-state index contributed by atoms with van der Waals surface area (Å²) in [4.78, 5) is 26.1. The van der Waals surface area contributed by atoms with Gasteiger partial charge in [0.05, 0.1) is 17.5 Å². The van der Waals surface area contributed by atoms with E-state index in [1.807, 2.05) is 12.2 Å². The maximum atomic E-state index is 12.4. The lowest BCUT2D eigenvalue weighted by Gasteiger charge is -2.17. The van der Waals surface area contributed by atoms with E-state index in [9.17, 15) is 14.7 Å². The Morgan fingerprint density at radius 1 is 1.11 bits per heavy atom. The standard InChI is InChI=1S/C15H15NO3/c1-9-8-10(17)6-7-13(9)16-14(18)11-4-2-3-5-12(11)15(16)19/h2-3,6-8,11-12,17H,4-5H2,1H3/t11-,12-/m0/s1. The van der Waals surface area contributed by atoms with Crippen LogP contribution in [0.5, 0.6) is 5.75 Å². The van der Waals surface area contributed by atoms with Crippen LogP contribution in [0.15, 0.2) is 30.4 Å². The van der Waals surface area contributed by atoms with Crippen LogP contribution >= 0.6 is 0 Å². The normalized spacial score (nSPS) is 25.8. The molecule has 2 aliphatic rings. The molecule has 1 N–H and O–H groups in total. The second-order valence-corrected chi connectivity index (χ2v) is 5.14. The number of nitrogens with zero attached hydrogens (tertiary/aromatic N) is 1. The molecule has 0 bridgehead atoms. The Kier molecular flexibility index (Phi) is 2.66. The fourth-order valence-electron chi connectivity index (χ4n) is 2.93. The van der Waals surface area contributed by atoms with Crippen LogP contribution in [0.25, 0.3) is 0 Å². The van der Waals surface area contributed by atoms with Crippen molar-refractivity contribution < 1.29 is 14.7 Å². The number of aryl methyl sites for hydroxylation is 1. The Hall–Kier alpha value is -2.10. The van der Waals surface area contributed by atoms with E-state index < -0.39 is 0 Å². The van der Waals surface area contributed by atoms with Crippen molar-refractivity contribution in [3.8, 4) is 5.75 Å². The molecule has 1 aliphatic heterocycles. The van der Waals surface area contributed by atoms with E-state index in [0.29, 0.717) is 18.5 Å². The molecule has 1 heterocycles. The SMILES string of the molecule is Cc1cc(O)ccc1N1C(=O)[C@H]2CC=CC[C@@H]2C1=O. The van der Waals surface area contributed by atoms with E-state index in [1.165, 1.54) is 11.0 Å². The Bertz CT molecular complexity index is 565. The van der Waals surface area contributed by atoms with E-state index in [-0.39, 0.29) is 29.4 Å². The molecule has 4 heteroatoms. The molecular formula is C15H15NO3. The second kappa shape index (κ2) is 4.23. The molecule has 0 radical (unpaired) electrons. The minimum atomic E-state index is -0.217. The van der Waals surface area contributed by atoms with Crippen molar-refractivity contribution >= 4 is 17.5 Å². The smallest absolute Gasteiger partial charge is 0.238 e. The van der Waals surface area contributed by atoms with Gasteiger partial charge in [-0.05, 0) is 43.5 Å². The molecule has 1 saturated heterocycles. The van der Waals surface area contributed by atoms with Crippen LogP contribution < -0.4 is 4.90 Å². The summed E-state index contributed by atoms with van der Waals surface area (Å²) in [6.45, 7) is 1.79. The Morgan fingerprint density at radius 3 is 2.21 bits per heavy atom. The number of aromatic hydroxyl groups is 1. The number of amides is 2. The topological polar surface area (TPSA) is 57.6 Å². The number of carbonyl (C=O) groups excluding carboxylic acids is 2. The minimum absolute atomic E-state index is 0.117. The van der Waals surface area contributed by atoms with Crippen molar-refractivity contribution in [2.75, 3.05) is 4.90 Å². The Labute approximate surface area is 111 Å². The van der Waals surface area contributed by atoms with Gasteiger partial charge < -0.3 is 5.11 Å². The van der Waals surface area contributed by atoms with Gasteiger partial charge in [0.15, 0.2) is 0 Å². The molecule has 4 nitrogen and oxygen atoms in total. The molecule has 1 aromatic rings. The molecule has 1 aliphatic carbocycles. The largest absolute Gasteiger partial charge is 0.508 e. The third-order valence-corrected chi connectivity index (χ3v) is 3.93. The van der Waals surface area contributed by atoms with Crippen LogP contribution in [0.2, 0.25) is 0 Å². The van der Waals surface area contributed by atoms with Gasteiger partial charge in [0.25, 0.3) is 0 Å². The fourth-order valence-corrected chi connectivity index (χ4v) is 2.93.